The van der Waals surface area contributed by atoms with Gasteiger partial charge in [0.25, 0.3) is 11.7 Å². The maximum absolute atomic E-state index is 14.6. The van der Waals surface area contributed by atoms with E-state index in [1.54, 1.807) is 34.0 Å². The van der Waals surface area contributed by atoms with E-state index >= 15 is 0 Å². The number of piperidine rings is 1. The SMILES string of the molecule is CO[C@@H]1C[C@H](C[C@@H](C)[C@@H]2CC(=O)[C@H](C)/C=C(\C)[C@@H](O)[C@@H](OC)C(=O)[C@H](C)C[C@H](C)/C=C/C=C/C=C(\C)[C@H](OC[C@@H]3COCCO3)C[C@@H]3CC[C@@H](C)[C@@](O)(O3)C(=O)C(=O)N3CCCC[C@H]3C(=O)O2)CC[C@H]1OCCO. The van der Waals surface area contributed by atoms with Gasteiger partial charge in [0, 0.05) is 51.4 Å². The summed E-state index contributed by atoms with van der Waals surface area (Å²) in [6, 6.07) is -1.17. The van der Waals surface area contributed by atoms with E-state index in [0.717, 1.165) is 12.0 Å². The van der Waals surface area contributed by atoms with Crippen molar-refractivity contribution >= 4 is 29.2 Å². The number of carbonyl (C=O) groups is 5. The Kier molecular flexibility index (Phi) is 24.8. The van der Waals surface area contributed by atoms with Crippen molar-refractivity contribution in [1.82, 2.24) is 4.90 Å². The number of ketones is 3. The molecule has 0 spiro atoms. The minimum absolute atomic E-state index is 0.0101. The summed E-state index contributed by atoms with van der Waals surface area (Å²) in [6.07, 6.45) is 11.3. The van der Waals surface area contributed by atoms with Crippen LogP contribution in [0, 0.1) is 35.5 Å². The molecular weight excluding hydrogens is 955 g/mol. The number of ether oxygens (including phenoxy) is 8. The average molecular weight is 1040 g/mol. The van der Waals surface area contributed by atoms with Crippen LogP contribution in [-0.2, 0) is 61.9 Å². The summed E-state index contributed by atoms with van der Waals surface area (Å²) in [5.41, 5.74) is 1.23. The lowest BCUT2D eigenvalue weighted by Crippen LogP contribution is -2.61. The van der Waals surface area contributed by atoms with Crippen molar-refractivity contribution in [1.29, 1.82) is 0 Å². The highest BCUT2D eigenvalue weighted by atomic mass is 16.6. The van der Waals surface area contributed by atoms with E-state index in [1.165, 1.54) is 12.0 Å². The normalized spacial score (nSPS) is 39.2. The van der Waals surface area contributed by atoms with Crippen LogP contribution in [0.1, 0.15) is 126 Å². The second-order valence-corrected chi connectivity index (χ2v) is 21.8. The summed E-state index contributed by atoms with van der Waals surface area (Å²) in [4.78, 5) is 72.9. The third-order valence-corrected chi connectivity index (χ3v) is 16.0. The first-order chi connectivity index (χ1) is 35.3. The summed E-state index contributed by atoms with van der Waals surface area (Å²) in [5, 5.41) is 33.1. The van der Waals surface area contributed by atoms with E-state index in [4.69, 9.17) is 37.9 Å². The first-order valence-electron chi connectivity index (χ1n) is 27.3. The Morgan fingerprint density at radius 2 is 1.64 bits per heavy atom. The van der Waals surface area contributed by atoms with Crippen LogP contribution in [0.2, 0.25) is 0 Å². The van der Waals surface area contributed by atoms with Crippen LogP contribution in [0.5, 0.6) is 0 Å². The average Bonchev–Trinajstić information content (AvgIpc) is 3.39. The van der Waals surface area contributed by atoms with Crippen LogP contribution in [0.3, 0.4) is 0 Å². The van der Waals surface area contributed by atoms with Crippen LogP contribution in [0.15, 0.2) is 47.6 Å². The molecule has 4 heterocycles. The fourth-order valence-corrected chi connectivity index (χ4v) is 11.3. The zero-order chi connectivity index (χ0) is 54.1. The lowest BCUT2D eigenvalue weighted by Gasteiger charge is -2.43. The van der Waals surface area contributed by atoms with Crippen LogP contribution in [0.4, 0.5) is 0 Å². The number of amides is 1. The summed E-state index contributed by atoms with van der Waals surface area (Å²) >= 11 is 0. The number of esters is 1. The molecule has 17 nitrogen and oxygen atoms in total. The number of cyclic esters (lactones) is 1. The van der Waals surface area contributed by atoms with Gasteiger partial charge < -0.3 is 58.1 Å². The minimum Gasteiger partial charge on any atom is -0.460 e. The van der Waals surface area contributed by atoms with Gasteiger partial charge in [-0.1, -0.05) is 71.1 Å². The van der Waals surface area contributed by atoms with Crippen LogP contribution in [0.25, 0.3) is 0 Å². The number of aliphatic hydroxyl groups excluding tert-OH is 2. The van der Waals surface area contributed by atoms with Gasteiger partial charge in [-0.15, -0.1) is 0 Å². The molecule has 16 atom stereocenters. The molecule has 4 fully saturated rings. The maximum Gasteiger partial charge on any atom is 0.329 e. The Morgan fingerprint density at radius 3 is 2.34 bits per heavy atom. The first-order valence-corrected chi connectivity index (χ1v) is 27.3. The largest absolute Gasteiger partial charge is 0.460 e. The van der Waals surface area contributed by atoms with Gasteiger partial charge in [-0.05, 0) is 107 Å². The van der Waals surface area contributed by atoms with E-state index in [1.807, 2.05) is 58.1 Å². The lowest BCUT2D eigenvalue weighted by atomic mass is 9.78. The second kappa shape index (κ2) is 29.9. The van der Waals surface area contributed by atoms with Gasteiger partial charge >= 0.3 is 5.97 Å². The van der Waals surface area contributed by atoms with Gasteiger partial charge in [-0.3, -0.25) is 19.2 Å². The molecule has 1 aliphatic carbocycles. The Hall–Kier alpha value is -3.49. The van der Waals surface area contributed by atoms with Gasteiger partial charge in [0.1, 0.15) is 36.2 Å². The highest BCUT2D eigenvalue weighted by Crippen LogP contribution is 2.38. The van der Waals surface area contributed by atoms with Crippen LogP contribution in [-0.4, -0.2) is 171 Å². The Labute approximate surface area is 439 Å². The molecule has 3 N–H and O–H groups in total. The number of rotatable bonds is 11. The molecule has 0 aromatic carbocycles. The number of methoxy groups -OCH3 is 2. The molecule has 2 bridgehead atoms. The third kappa shape index (κ3) is 17.0. The van der Waals surface area contributed by atoms with Gasteiger partial charge in [0.15, 0.2) is 5.78 Å². The van der Waals surface area contributed by atoms with Crippen molar-refractivity contribution in [2.24, 2.45) is 35.5 Å². The number of aliphatic hydroxyl groups is 3. The topological polar surface area (TPSA) is 223 Å². The zero-order valence-corrected chi connectivity index (χ0v) is 45.7. The van der Waals surface area contributed by atoms with Crippen molar-refractivity contribution < 1.29 is 77.2 Å². The van der Waals surface area contributed by atoms with E-state index < -0.39 is 77.8 Å². The van der Waals surface area contributed by atoms with Crippen molar-refractivity contribution in [2.75, 3.05) is 60.4 Å². The van der Waals surface area contributed by atoms with Gasteiger partial charge in [-0.2, -0.15) is 0 Å². The quantitative estimate of drug-likeness (QED) is 0.123. The Morgan fingerprint density at radius 1 is 0.865 bits per heavy atom. The number of Topliss-reactive ketones (excluding diaryl/α,β-unsaturated/α-hetero) is 3. The smallest absolute Gasteiger partial charge is 0.329 e. The molecule has 0 radical (unpaired) electrons. The van der Waals surface area contributed by atoms with E-state index in [-0.39, 0.29) is 93.3 Å². The molecule has 17 heteroatoms. The van der Waals surface area contributed by atoms with Gasteiger partial charge in [0.05, 0.1) is 64.1 Å². The molecule has 0 aromatic rings. The zero-order valence-electron chi connectivity index (χ0n) is 45.7. The number of hydrogen-bond donors (Lipinski definition) is 3. The fourth-order valence-electron chi connectivity index (χ4n) is 11.3. The molecular formula is C57H89NO16. The molecule has 418 valence electrons. The van der Waals surface area contributed by atoms with Crippen molar-refractivity contribution in [2.45, 2.75) is 186 Å². The molecule has 0 unspecified atom stereocenters. The van der Waals surface area contributed by atoms with Crippen molar-refractivity contribution in [3.63, 3.8) is 0 Å². The fraction of sp³-hybridized carbons (Fsp3) is 0.772. The summed E-state index contributed by atoms with van der Waals surface area (Å²) < 4.78 is 47.9. The van der Waals surface area contributed by atoms with E-state index in [2.05, 4.69) is 0 Å². The predicted molar refractivity (Wildman–Crippen MR) is 275 cm³/mol. The summed E-state index contributed by atoms with van der Waals surface area (Å²) in [6.45, 7) is 14.4. The number of allylic oxidation sites excluding steroid dienone is 6. The van der Waals surface area contributed by atoms with Gasteiger partial charge in [0.2, 0.25) is 5.79 Å². The molecule has 5 rings (SSSR count). The minimum atomic E-state index is -2.48. The lowest BCUT2D eigenvalue weighted by molar-refractivity contribution is -0.266. The molecule has 1 amide bonds. The number of fused-ring (bicyclic) bond motifs is 3. The predicted octanol–water partition coefficient (Wildman–Crippen LogP) is 5.98. The van der Waals surface area contributed by atoms with Crippen LogP contribution >= 0.6 is 0 Å². The molecule has 5 aliphatic rings. The Balaban J connectivity index is 1.47. The maximum atomic E-state index is 14.6. The van der Waals surface area contributed by atoms with E-state index in [0.29, 0.717) is 76.8 Å². The molecule has 4 aliphatic heterocycles. The summed E-state index contributed by atoms with van der Waals surface area (Å²) in [7, 11) is 3.01. The molecule has 3 saturated heterocycles. The number of hydrogen-bond acceptors (Lipinski definition) is 16. The van der Waals surface area contributed by atoms with E-state index in [9.17, 15) is 39.3 Å². The highest BCUT2D eigenvalue weighted by Gasteiger charge is 2.53. The number of carbonyl (C=O) groups excluding carboxylic acids is 5. The highest BCUT2D eigenvalue weighted by molar-refractivity contribution is 6.39. The van der Waals surface area contributed by atoms with Gasteiger partial charge in [-0.25, -0.2) is 4.79 Å². The standard InChI is InChI=1S/C57H89NO16/c1-35-15-11-10-12-16-36(2)48(72-34-44-33-69-25-26-70-44)31-43-20-18-41(7)57(66,74-43)54(63)55(64)58-22-14-13-17-45(58)56(65)73-49(38(4)29-42-19-21-47(71-24-23-59)50(30-42)67-8)32-46(60)37(3)28-40(6)52(62)53(68-9)51(61)39(5)27-35/h10-12,15-16,28,35,37-39,41-45,47-50,52-53,59,62,66H,13-14,17-27,29-34H2,1-9H3/b12-10+,15-11+,36-16+,40-28+/t35-,37-,38-,39-,41-,42+,43+,44+,45+,47-,48-,49+,50-,52-,53+,57-/m1/s1. The number of nitrogens with zero attached hydrogens (tertiary/aromatic N) is 1. The molecule has 0 aromatic heterocycles. The Bertz CT molecular complexity index is 1960. The first kappa shape index (κ1) is 61.4. The van der Waals surface area contributed by atoms with Crippen molar-refractivity contribution in [3.8, 4) is 0 Å². The third-order valence-electron chi connectivity index (χ3n) is 16.0. The van der Waals surface area contributed by atoms with Crippen LogP contribution < -0.4 is 0 Å². The molecule has 74 heavy (non-hydrogen) atoms. The monoisotopic (exact) mass is 1040 g/mol. The molecule has 1 saturated carbocycles. The summed E-state index contributed by atoms with van der Waals surface area (Å²) in [5.74, 6) is -8.18. The second-order valence-electron chi connectivity index (χ2n) is 21.8. The van der Waals surface area contributed by atoms with Crippen molar-refractivity contribution in [3.05, 3.63) is 47.6 Å².